The number of nitro benzene ring substituents is 1. The Morgan fingerprint density at radius 1 is 1.38 bits per heavy atom. The molecule has 1 aromatic carbocycles. The van der Waals surface area contributed by atoms with E-state index in [9.17, 15) is 15.2 Å². The van der Waals surface area contributed by atoms with Gasteiger partial charge in [-0.1, -0.05) is 12.8 Å². The Labute approximate surface area is 124 Å². The van der Waals surface area contributed by atoms with Crippen molar-refractivity contribution in [2.45, 2.75) is 38.2 Å². The van der Waals surface area contributed by atoms with Gasteiger partial charge in [-0.05, 0) is 25.8 Å². The first-order chi connectivity index (χ1) is 9.93. The molecule has 0 heterocycles. The van der Waals surface area contributed by atoms with E-state index >= 15 is 0 Å². The number of nitro groups is 1. The topological polar surface area (TPSA) is 78.6 Å². The SMILES string of the molecule is CCNc1cc(N(C)CC2(O)CCCC2)cc([N+](=O)[O-])c1. The standard InChI is InChI=1S/C15H23N3O3/c1-3-16-12-8-13(10-14(9-12)18(20)21)17(2)11-15(19)6-4-5-7-15/h8-10,16,19H,3-7,11H2,1-2H3. The van der Waals surface area contributed by atoms with Gasteiger partial charge in [0.15, 0.2) is 0 Å². The van der Waals surface area contributed by atoms with Crippen LogP contribution in [0.5, 0.6) is 0 Å². The van der Waals surface area contributed by atoms with Gasteiger partial charge in [-0.25, -0.2) is 0 Å². The Kier molecular flexibility index (Phi) is 4.67. The monoisotopic (exact) mass is 293 g/mol. The van der Waals surface area contributed by atoms with Crippen LogP contribution >= 0.6 is 0 Å². The first-order valence-electron chi connectivity index (χ1n) is 7.40. The van der Waals surface area contributed by atoms with Crippen LogP contribution in [-0.2, 0) is 0 Å². The molecule has 0 spiro atoms. The number of anilines is 2. The first-order valence-corrected chi connectivity index (χ1v) is 7.40. The van der Waals surface area contributed by atoms with E-state index in [2.05, 4.69) is 5.32 Å². The number of benzene rings is 1. The third-order valence-electron chi connectivity index (χ3n) is 4.00. The van der Waals surface area contributed by atoms with E-state index < -0.39 is 5.60 Å². The van der Waals surface area contributed by atoms with Crippen molar-refractivity contribution in [2.75, 3.05) is 30.4 Å². The molecule has 0 bridgehead atoms. The van der Waals surface area contributed by atoms with E-state index in [1.807, 2.05) is 24.9 Å². The molecule has 0 amide bonds. The van der Waals surface area contributed by atoms with Crippen LogP contribution in [0.2, 0.25) is 0 Å². The predicted octanol–water partition coefficient (Wildman–Crippen LogP) is 2.77. The molecule has 1 aliphatic carbocycles. The Morgan fingerprint density at radius 3 is 2.62 bits per heavy atom. The summed E-state index contributed by atoms with van der Waals surface area (Å²) < 4.78 is 0. The van der Waals surface area contributed by atoms with Crippen LogP contribution in [0.1, 0.15) is 32.6 Å². The lowest BCUT2D eigenvalue weighted by Gasteiger charge is -2.30. The van der Waals surface area contributed by atoms with Crippen molar-refractivity contribution in [3.8, 4) is 0 Å². The molecule has 0 unspecified atom stereocenters. The van der Waals surface area contributed by atoms with Crippen LogP contribution in [0, 0.1) is 10.1 Å². The molecule has 21 heavy (non-hydrogen) atoms. The average molecular weight is 293 g/mol. The molecule has 6 heteroatoms. The van der Waals surface area contributed by atoms with E-state index in [1.54, 1.807) is 6.07 Å². The van der Waals surface area contributed by atoms with Gasteiger partial charge in [0.2, 0.25) is 0 Å². The molecule has 0 aliphatic heterocycles. The number of nitrogens with one attached hydrogen (secondary N) is 1. The normalized spacial score (nSPS) is 16.7. The highest BCUT2D eigenvalue weighted by Gasteiger charge is 2.32. The Bertz CT molecular complexity index is 513. The zero-order valence-corrected chi connectivity index (χ0v) is 12.6. The minimum Gasteiger partial charge on any atom is -0.388 e. The Balaban J connectivity index is 2.22. The van der Waals surface area contributed by atoms with E-state index in [4.69, 9.17) is 0 Å². The molecule has 1 aliphatic rings. The number of likely N-dealkylation sites (N-methyl/N-ethyl adjacent to an activating group) is 1. The maximum Gasteiger partial charge on any atom is 0.273 e. The smallest absolute Gasteiger partial charge is 0.273 e. The summed E-state index contributed by atoms with van der Waals surface area (Å²) in [5, 5.41) is 24.6. The van der Waals surface area contributed by atoms with Crippen LogP contribution in [-0.4, -0.2) is 35.8 Å². The second kappa shape index (κ2) is 6.30. The highest BCUT2D eigenvalue weighted by Crippen LogP contribution is 2.33. The quantitative estimate of drug-likeness (QED) is 0.623. The van der Waals surface area contributed by atoms with Crippen molar-refractivity contribution < 1.29 is 10.0 Å². The highest BCUT2D eigenvalue weighted by atomic mass is 16.6. The van der Waals surface area contributed by atoms with Crippen molar-refractivity contribution in [1.82, 2.24) is 0 Å². The lowest BCUT2D eigenvalue weighted by molar-refractivity contribution is -0.384. The summed E-state index contributed by atoms with van der Waals surface area (Å²) in [5.74, 6) is 0. The van der Waals surface area contributed by atoms with Gasteiger partial charge < -0.3 is 15.3 Å². The molecule has 6 nitrogen and oxygen atoms in total. The van der Waals surface area contributed by atoms with E-state index in [-0.39, 0.29) is 10.6 Å². The molecule has 0 aromatic heterocycles. The van der Waals surface area contributed by atoms with Crippen LogP contribution in [0.3, 0.4) is 0 Å². The third-order valence-corrected chi connectivity index (χ3v) is 4.00. The van der Waals surface area contributed by atoms with Crippen LogP contribution in [0.4, 0.5) is 17.1 Å². The Hall–Kier alpha value is -1.82. The predicted molar refractivity (Wildman–Crippen MR) is 83.9 cm³/mol. The molecule has 2 N–H and O–H groups in total. The van der Waals surface area contributed by atoms with Gasteiger partial charge in [0, 0.05) is 43.6 Å². The lowest BCUT2D eigenvalue weighted by Crippen LogP contribution is -2.39. The summed E-state index contributed by atoms with van der Waals surface area (Å²) >= 11 is 0. The minimum atomic E-state index is -0.669. The number of non-ortho nitro benzene ring substituents is 1. The number of aliphatic hydroxyl groups is 1. The summed E-state index contributed by atoms with van der Waals surface area (Å²) in [6.07, 6.45) is 3.68. The van der Waals surface area contributed by atoms with Crippen LogP contribution in [0.25, 0.3) is 0 Å². The van der Waals surface area contributed by atoms with Crippen molar-refractivity contribution in [1.29, 1.82) is 0 Å². The van der Waals surface area contributed by atoms with Gasteiger partial charge in [0.05, 0.1) is 10.5 Å². The molecule has 0 atom stereocenters. The second-order valence-electron chi connectivity index (χ2n) is 5.81. The number of hydrogen-bond acceptors (Lipinski definition) is 5. The summed E-state index contributed by atoms with van der Waals surface area (Å²) in [7, 11) is 1.87. The number of rotatable bonds is 6. The fourth-order valence-corrected chi connectivity index (χ4v) is 2.95. The summed E-state index contributed by atoms with van der Waals surface area (Å²) in [6.45, 7) is 3.15. The van der Waals surface area contributed by atoms with Gasteiger partial charge in [-0.15, -0.1) is 0 Å². The van der Waals surface area contributed by atoms with Crippen molar-refractivity contribution in [2.24, 2.45) is 0 Å². The fourth-order valence-electron chi connectivity index (χ4n) is 2.95. The van der Waals surface area contributed by atoms with E-state index in [0.29, 0.717) is 13.1 Å². The van der Waals surface area contributed by atoms with Crippen molar-refractivity contribution in [3.63, 3.8) is 0 Å². The largest absolute Gasteiger partial charge is 0.388 e. The molecule has 0 saturated heterocycles. The van der Waals surface area contributed by atoms with Gasteiger partial charge in [0.1, 0.15) is 0 Å². The molecule has 1 aromatic rings. The molecule has 116 valence electrons. The van der Waals surface area contributed by atoms with Gasteiger partial charge >= 0.3 is 0 Å². The van der Waals surface area contributed by atoms with Gasteiger partial charge in [0.25, 0.3) is 5.69 Å². The molecular formula is C15H23N3O3. The maximum absolute atomic E-state index is 11.0. The molecule has 2 rings (SSSR count). The van der Waals surface area contributed by atoms with E-state index in [0.717, 1.165) is 37.1 Å². The van der Waals surface area contributed by atoms with E-state index in [1.165, 1.54) is 6.07 Å². The maximum atomic E-state index is 11.0. The zero-order valence-electron chi connectivity index (χ0n) is 12.6. The number of nitrogens with zero attached hydrogens (tertiary/aromatic N) is 2. The number of hydrogen-bond donors (Lipinski definition) is 2. The van der Waals surface area contributed by atoms with Gasteiger partial charge in [-0.2, -0.15) is 0 Å². The van der Waals surface area contributed by atoms with Crippen LogP contribution in [0.15, 0.2) is 18.2 Å². The average Bonchev–Trinajstić information content (AvgIpc) is 2.85. The fraction of sp³-hybridized carbons (Fsp3) is 0.600. The second-order valence-corrected chi connectivity index (χ2v) is 5.81. The third kappa shape index (κ3) is 3.85. The van der Waals surface area contributed by atoms with Crippen molar-refractivity contribution in [3.05, 3.63) is 28.3 Å². The molecule has 1 saturated carbocycles. The Morgan fingerprint density at radius 2 is 2.05 bits per heavy atom. The molecule has 1 fully saturated rings. The zero-order chi connectivity index (χ0) is 15.5. The lowest BCUT2D eigenvalue weighted by atomic mass is 10.0. The highest BCUT2D eigenvalue weighted by molar-refractivity contribution is 5.64. The summed E-state index contributed by atoms with van der Waals surface area (Å²) in [5.41, 5.74) is 0.874. The minimum absolute atomic E-state index is 0.0636. The van der Waals surface area contributed by atoms with Gasteiger partial charge in [-0.3, -0.25) is 10.1 Å². The van der Waals surface area contributed by atoms with Crippen molar-refractivity contribution >= 4 is 17.1 Å². The molecule has 0 radical (unpaired) electrons. The molecular weight excluding hydrogens is 270 g/mol. The first kappa shape index (κ1) is 15.6. The van der Waals surface area contributed by atoms with Crippen LogP contribution < -0.4 is 10.2 Å². The summed E-state index contributed by atoms with van der Waals surface area (Å²) in [4.78, 5) is 12.6. The summed E-state index contributed by atoms with van der Waals surface area (Å²) in [6, 6.07) is 4.97.